The number of rotatable bonds is 4. The lowest BCUT2D eigenvalue weighted by atomic mass is 9.91. The lowest BCUT2D eigenvalue weighted by molar-refractivity contribution is 0.222. The number of thioether (sulfide) groups is 1. The number of ether oxygens (including phenoxy) is 1. The number of halogens is 3. The maximum Gasteiger partial charge on any atom is 0.372 e. The van der Waals surface area contributed by atoms with Crippen LogP contribution < -0.4 is 5.73 Å². The van der Waals surface area contributed by atoms with Gasteiger partial charge < -0.3 is 15.6 Å². The summed E-state index contributed by atoms with van der Waals surface area (Å²) in [6, 6.07) is 12.3. The Labute approximate surface area is 180 Å². The van der Waals surface area contributed by atoms with Crippen molar-refractivity contribution in [2.75, 3.05) is 6.54 Å². The van der Waals surface area contributed by atoms with Crippen LogP contribution in [-0.4, -0.2) is 28.5 Å². The second kappa shape index (κ2) is 8.71. The average molecular weight is 459 g/mol. The summed E-state index contributed by atoms with van der Waals surface area (Å²) in [4.78, 5) is 19.1. The van der Waals surface area contributed by atoms with Crippen molar-refractivity contribution in [1.82, 2.24) is 0 Å². The molecule has 0 spiro atoms. The molecule has 2 aromatic rings. The van der Waals surface area contributed by atoms with E-state index in [1.165, 1.54) is 0 Å². The van der Waals surface area contributed by atoms with Crippen molar-refractivity contribution in [3.63, 3.8) is 0 Å². The van der Waals surface area contributed by atoms with Gasteiger partial charge in [-0.3, -0.25) is 4.99 Å². The molecule has 1 saturated heterocycles. The van der Waals surface area contributed by atoms with Gasteiger partial charge in [0.1, 0.15) is 11.7 Å². The van der Waals surface area contributed by atoms with Crippen molar-refractivity contribution in [1.29, 1.82) is 0 Å². The van der Waals surface area contributed by atoms with E-state index >= 15 is 0 Å². The van der Waals surface area contributed by atoms with Crippen LogP contribution in [-0.2, 0) is 10.3 Å². The van der Waals surface area contributed by atoms with Crippen molar-refractivity contribution < 1.29 is 14.6 Å². The van der Waals surface area contributed by atoms with Crippen LogP contribution in [0.3, 0.4) is 0 Å². The molecule has 28 heavy (non-hydrogen) atoms. The van der Waals surface area contributed by atoms with E-state index in [1.54, 1.807) is 30.3 Å². The number of nitrogens with zero attached hydrogens (tertiary/aromatic N) is 2. The number of benzene rings is 2. The number of epoxide rings is 1. The third kappa shape index (κ3) is 4.45. The highest BCUT2D eigenvalue weighted by atomic mass is 35.5. The predicted octanol–water partition coefficient (Wildman–Crippen LogP) is 5.37. The van der Waals surface area contributed by atoms with E-state index in [0.717, 1.165) is 11.9 Å². The molecule has 1 unspecified atom stereocenters. The quantitative estimate of drug-likeness (QED) is 0.364. The molecule has 0 aromatic heterocycles. The van der Waals surface area contributed by atoms with Crippen molar-refractivity contribution >= 4 is 63.4 Å². The Morgan fingerprint density at radius 1 is 1.25 bits per heavy atom. The van der Waals surface area contributed by atoms with Gasteiger partial charge in [-0.15, -0.1) is 0 Å². The summed E-state index contributed by atoms with van der Waals surface area (Å²) in [5.74, 6) is 0. The molecule has 1 fully saturated rings. The maximum atomic E-state index is 11.0. The van der Waals surface area contributed by atoms with Crippen molar-refractivity contribution in [3.05, 3.63) is 68.7 Å². The molecule has 0 amide bonds. The van der Waals surface area contributed by atoms with Gasteiger partial charge in [0, 0.05) is 38.0 Å². The Hall–Kier alpha value is -1.77. The standard InChI is InChI=1S/C18H14Cl3N3O3S/c19-10-5-6-11(14(21)7-10)15-18(27-15,12-3-1-2-4-13(12)20)8-23-16(24-9-22)28-17(25)26/h1-7,9,15H,8H2,(H,25,26)(H2,22,23,24)/t15?,18-/m1/s1. The summed E-state index contributed by atoms with van der Waals surface area (Å²) in [5, 5.41) is 9.31. The van der Waals surface area contributed by atoms with Gasteiger partial charge in [0.2, 0.25) is 0 Å². The minimum atomic E-state index is -1.15. The molecule has 0 saturated carbocycles. The van der Waals surface area contributed by atoms with Crippen LogP contribution in [0.2, 0.25) is 15.1 Å². The maximum absolute atomic E-state index is 11.0. The first-order chi connectivity index (χ1) is 13.4. The normalized spacial score (nSPS) is 21.8. The van der Waals surface area contributed by atoms with Crippen LogP contribution in [0.1, 0.15) is 17.2 Å². The van der Waals surface area contributed by atoms with E-state index in [2.05, 4.69) is 9.98 Å². The van der Waals surface area contributed by atoms with Crippen LogP contribution in [0, 0.1) is 0 Å². The number of hydrogen-bond acceptors (Lipinski definition) is 4. The van der Waals surface area contributed by atoms with Crippen LogP contribution in [0.25, 0.3) is 0 Å². The Kier molecular flexibility index (Phi) is 6.52. The first-order valence-corrected chi connectivity index (χ1v) is 9.89. The zero-order valence-electron chi connectivity index (χ0n) is 14.2. The topological polar surface area (TPSA) is 101 Å². The molecule has 10 heteroatoms. The fourth-order valence-corrected chi connectivity index (χ4v) is 4.05. The van der Waals surface area contributed by atoms with Crippen LogP contribution in [0.4, 0.5) is 4.79 Å². The van der Waals surface area contributed by atoms with Gasteiger partial charge in [-0.25, -0.2) is 9.79 Å². The third-order valence-corrected chi connectivity index (χ3v) is 5.57. The number of nitrogens with two attached hydrogens (primary N) is 1. The monoisotopic (exact) mass is 457 g/mol. The predicted molar refractivity (Wildman–Crippen MR) is 114 cm³/mol. The summed E-state index contributed by atoms with van der Waals surface area (Å²) < 4.78 is 6.05. The summed E-state index contributed by atoms with van der Waals surface area (Å²) >= 11 is 19.2. The minimum Gasteiger partial charge on any atom is -0.473 e. The zero-order valence-corrected chi connectivity index (χ0v) is 17.3. The minimum absolute atomic E-state index is 0.00196. The van der Waals surface area contributed by atoms with E-state index in [4.69, 9.17) is 50.4 Å². The molecule has 1 aliphatic heterocycles. The van der Waals surface area contributed by atoms with E-state index in [1.807, 2.05) is 12.1 Å². The fourth-order valence-electron chi connectivity index (χ4n) is 2.85. The first kappa shape index (κ1) is 21.0. The SMILES string of the molecule is NC=NC(=NC[C@]1(c2ccccc2Cl)OC1c1ccc(Cl)cc1Cl)SC(=O)O. The molecular weight excluding hydrogens is 445 g/mol. The number of hydrogen-bond donors (Lipinski definition) is 2. The molecule has 0 aliphatic carbocycles. The summed E-state index contributed by atoms with van der Waals surface area (Å²) in [5.41, 5.74) is 5.82. The smallest absolute Gasteiger partial charge is 0.372 e. The number of amidine groups is 1. The highest BCUT2D eigenvalue weighted by molar-refractivity contribution is 8.25. The van der Waals surface area contributed by atoms with Gasteiger partial charge in [-0.2, -0.15) is 0 Å². The van der Waals surface area contributed by atoms with E-state index in [9.17, 15) is 4.79 Å². The second-order valence-corrected chi connectivity index (χ2v) is 7.95. The molecule has 2 aromatic carbocycles. The third-order valence-electron chi connectivity index (χ3n) is 4.08. The molecule has 0 bridgehead atoms. The van der Waals surface area contributed by atoms with E-state index in [-0.39, 0.29) is 11.7 Å². The Balaban J connectivity index is 2.00. The summed E-state index contributed by atoms with van der Waals surface area (Å²) in [7, 11) is 0. The number of carboxylic acid groups (broad SMARTS) is 1. The lowest BCUT2D eigenvalue weighted by Gasteiger charge is -2.14. The molecule has 146 valence electrons. The zero-order chi connectivity index (χ0) is 20.3. The molecule has 2 atom stereocenters. The van der Waals surface area contributed by atoms with Crippen molar-refractivity contribution in [2.24, 2.45) is 15.7 Å². The van der Waals surface area contributed by atoms with Crippen LogP contribution in [0.5, 0.6) is 0 Å². The highest BCUT2D eigenvalue weighted by Crippen LogP contribution is 2.60. The molecular formula is C18H14Cl3N3O3S. The lowest BCUT2D eigenvalue weighted by Crippen LogP contribution is -2.16. The molecule has 6 nitrogen and oxygen atoms in total. The average Bonchev–Trinajstić information content (AvgIpc) is 3.35. The van der Waals surface area contributed by atoms with Gasteiger partial charge >= 0.3 is 5.30 Å². The fraction of sp³-hybridized carbons (Fsp3) is 0.167. The Morgan fingerprint density at radius 3 is 2.64 bits per heavy atom. The Bertz CT molecular complexity index is 970. The molecule has 0 radical (unpaired) electrons. The van der Waals surface area contributed by atoms with E-state index < -0.39 is 17.0 Å². The van der Waals surface area contributed by atoms with E-state index in [0.29, 0.717) is 32.4 Å². The van der Waals surface area contributed by atoms with Gasteiger partial charge in [-0.1, -0.05) is 59.1 Å². The molecule has 3 N–H and O–H groups in total. The van der Waals surface area contributed by atoms with Crippen molar-refractivity contribution in [2.45, 2.75) is 11.7 Å². The Morgan fingerprint density at radius 2 is 2.00 bits per heavy atom. The summed E-state index contributed by atoms with van der Waals surface area (Å²) in [6.07, 6.45) is 0.553. The molecule has 3 rings (SSSR count). The first-order valence-electron chi connectivity index (χ1n) is 7.94. The van der Waals surface area contributed by atoms with Crippen LogP contribution >= 0.6 is 46.6 Å². The number of carbonyl (C=O) groups is 1. The van der Waals surface area contributed by atoms with Gasteiger partial charge in [0.25, 0.3) is 0 Å². The molecule has 1 aliphatic rings. The summed E-state index contributed by atoms with van der Waals surface area (Å²) in [6.45, 7) is 0.0767. The van der Waals surface area contributed by atoms with Gasteiger partial charge in [0.05, 0.1) is 12.9 Å². The van der Waals surface area contributed by atoms with Gasteiger partial charge in [-0.05, 0) is 18.2 Å². The number of aliphatic imine (C=N–C) groups is 2. The second-order valence-electron chi connectivity index (χ2n) is 5.78. The highest BCUT2D eigenvalue weighted by Gasteiger charge is 2.60. The van der Waals surface area contributed by atoms with Crippen LogP contribution in [0.15, 0.2) is 52.4 Å². The largest absolute Gasteiger partial charge is 0.473 e. The molecule has 1 heterocycles. The van der Waals surface area contributed by atoms with Gasteiger partial charge in [0.15, 0.2) is 5.17 Å². The van der Waals surface area contributed by atoms with Crippen molar-refractivity contribution in [3.8, 4) is 0 Å².